The van der Waals surface area contributed by atoms with Gasteiger partial charge in [-0.15, -0.1) is 10.2 Å². The van der Waals surface area contributed by atoms with Gasteiger partial charge >= 0.3 is 0 Å². The van der Waals surface area contributed by atoms with Crippen LogP contribution in [0.25, 0.3) is 22.5 Å². The van der Waals surface area contributed by atoms with Gasteiger partial charge in [-0.3, -0.25) is 0 Å². The average Bonchev–Trinajstić information content (AvgIpc) is 3.43. The Morgan fingerprint density at radius 3 is 2.48 bits per heavy atom. The highest BCUT2D eigenvalue weighted by Crippen LogP contribution is 2.29. The number of rotatable bonds is 9. The molecule has 2 aromatic heterocycles. The summed E-state index contributed by atoms with van der Waals surface area (Å²) in [5.74, 6) is 1.87. The normalized spacial score (nSPS) is 11.4. The van der Waals surface area contributed by atoms with Crippen LogP contribution in [0.15, 0.2) is 48.5 Å². The number of aryl methyl sites for hydroxylation is 1. The van der Waals surface area contributed by atoms with Crippen LogP contribution in [0.2, 0.25) is 0 Å². The Bertz CT molecular complexity index is 1110. The Balaban J connectivity index is 1.57. The molecule has 2 heterocycles. The van der Waals surface area contributed by atoms with Gasteiger partial charge in [0.2, 0.25) is 5.82 Å². The van der Waals surface area contributed by atoms with Gasteiger partial charge in [-0.25, -0.2) is 9.67 Å². The third-order valence-electron chi connectivity index (χ3n) is 5.02. The summed E-state index contributed by atoms with van der Waals surface area (Å²) in [6.07, 6.45) is 1.44. The van der Waals surface area contributed by atoms with Crippen LogP contribution < -0.4 is 0 Å². The molecule has 160 valence electrons. The zero-order chi connectivity index (χ0) is 21.6. The number of benzene rings is 2. The van der Waals surface area contributed by atoms with Crippen molar-refractivity contribution in [3.8, 4) is 22.5 Å². The van der Waals surface area contributed by atoms with Crippen LogP contribution in [0.4, 0.5) is 0 Å². The quantitative estimate of drug-likeness (QED) is 0.356. The number of H-pyrrole nitrogens is 1. The summed E-state index contributed by atoms with van der Waals surface area (Å²) in [7, 11) is 0. The molecular formula is C22H25N7O2. The molecule has 4 rings (SSSR count). The van der Waals surface area contributed by atoms with E-state index in [0.29, 0.717) is 18.2 Å². The molecule has 0 unspecified atom stereocenters. The number of hydrogen-bond donors (Lipinski definition) is 3. The summed E-state index contributed by atoms with van der Waals surface area (Å²) in [6, 6.07) is 16.2. The van der Waals surface area contributed by atoms with E-state index in [1.807, 2.05) is 28.9 Å². The van der Waals surface area contributed by atoms with E-state index >= 15 is 0 Å². The first-order valence-corrected chi connectivity index (χ1v) is 10.3. The highest BCUT2D eigenvalue weighted by Gasteiger charge is 2.14. The van der Waals surface area contributed by atoms with Gasteiger partial charge in [0.1, 0.15) is 5.82 Å². The summed E-state index contributed by atoms with van der Waals surface area (Å²) in [6.45, 7) is 2.70. The molecule has 0 spiro atoms. The van der Waals surface area contributed by atoms with Gasteiger partial charge in [0.15, 0.2) is 12.1 Å². The smallest absolute Gasteiger partial charge is 0.205 e. The molecule has 9 nitrogen and oxygen atoms in total. The molecule has 2 aromatic carbocycles. The average molecular weight is 419 g/mol. The number of nitrogens with one attached hydrogen (secondary N) is 1. The second-order valence-electron chi connectivity index (χ2n) is 7.37. The van der Waals surface area contributed by atoms with E-state index in [0.717, 1.165) is 47.3 Å². The predicted molar refractivity (Wildman–Crippen MR) is 115 cm³/mol. The molecule has 0 radical (unpaired) electrons. The predicted octanol–water partition coefficient (Wildman–Crippen LogP) is 2.37. The third kappa shape index (κ3) is 5.01. The Morgan fingerprint density at radius 2 is 1.81 bits per heavy atom. The van der Waals surface area contributed by atoms with Crippen molar-refractivity contribution in [1.29, 1.82) is 0 Å². The first-order valence-electron chi connectivity index (χ1n) is 10.3. The molecule has 0 amide bonds. The van der Waals surface area contributed by atoms with Crippen LogP contribution in [0.3, 0.4) is 0 Å². The lowest BCUT2D eigenvalue weighted by atomic mass is 9.98. The molecule has 0 aliphatic carbocycles. The Kier molecular flexibility index (Phi) is 6.44. The number of hydrogen-bond acceptors (Lipinski definition) is 7. The van der Waals surface area contributed by atoms with Crippen molar-refractivity contribution >= 4 is 0 Å². The van der Waals surface area contributed by atoms with E-state index < -0.39 is 6.29 Å². The van der Waals surface area contributed by atoms with Crippen molar-refractivity contribution in [2.75, 3.05) is 0 Å². The van der Waals surface area contributed by atoms with Gasteiger partial charge in [-0.05, 0) is 28.3 Å². The zero-order valence-electron chi connectivity index (χ0n) is 17.3. The fourth-order valence-corrected chi connectivity index (χ4v) is 3.49. The van der Waals surface area contributed by atoms with Crippen LogP contribution in [-0.4, -0.2) is 51.9 Å². The fourth-order valence-electron chi connectivity index (χ4n) is 3.49. The van der Waals surface area contributed by atoms with Crippen molar-refractivity contribution < 1.29 is 10.2 Å². The molecular weight excluding hydrogens is 394 g/mol. The maximum atomic E-state index is 9.25. The molecule has 0 bridgehead atoms. The van der Waals surface area contributed by atoms with Crippen molar-refractivity contribution in [1.82, 2.24) is 35.4 Å². The van der Waals surface area contributed by atoms with E-state index in [1.165, 1.54) is 0 Å². The molecule has 0 saturated carbocycles. The van der Waals surface area contributed by atoms with E-state index in [4.69, 9.17) is 0 Å². The monoisotopic (exact) mass is 419 g/mol. The zero-order valence-corrected chi connectivity index (χ0v) is 17.3. The molecule has 0 fully saturated rings. The van der Waals surface area contributed by atoms with Crippen molar-refractivity contribution in [3.63, 3.8) is 0 Å². The summed E-state index contributed by atoms with van der Waals surface area (Å²) >= 11 is 0. The molecule has 31 heavy (non-hydrogen) atoms. The first kappa shape index (κ1) is 20.8. The minimum absolute atomic E-state index is 0.0257. The van der Waals surface area contributed by atoms with E-state index in [9.17, 15) is 10.2 Å². The maximum Gasteiger partial charge on any atom is 0.205 e. The molecule has 9 heteroatoms. The highest BCUT2D eigenvalue weighted by molar-refractivity contribution is 5.80. The maximum absolute atomic E-state index is 9.25. The van der Waals surface area contributed by atoms with E-state index in [1.54, 1.807) is 0 Å². The number of aromatic amines is 1. The van der Waals surface area contributed by atoms with Crippen LogP contribution in [0.1, 0.15) is 37.0 Å². The minimum Gasteiger partial charge on any atom is -0.368 e. The summed E-state index contributed by atoms with van der Waals surface area (Å²) < 4.78 is 1.86. The lowest BCUT2D eigenvalue weighted by Crippen LogP contribution is -2.10. The first-order chi connectivity index (χ1) is 15.1. The van der Waals surface area contributed by atoms with Crippen LogP contribution in [0, 0.1) is 0 Å². The summed E-state index contributed by atoms with van der Waals surface area (Å²) in [5.41, 5.74) is 4.07. The van der Waals surface area contributed by atoms with Gasteiger partial charge < -0.3 is 10.2 Å². The van der Waals surface area contributed by atoms with Gasteiger partial charge in [-0.2, -0.15) is 10.3 Å². The number of tetrazole rings is 1. The second kappa shape index (κ2) is 9.59. The lowest BCUT2D eigenvalue weighted by molar-refractivity contribution is -0.0395. The van der Waals surface area contributed by atoms with E-state index in [2.05, 4.69) is 61.9 Å². The van der Waals surface area contributed by atoms with Gasteiger partial charge in [0.05, 0.1) is 13.0 Å². The lowest BCUT2D eigenvalue weighted by Gasteiger charge is -2.09. The number of unbranched alkanes of at least 4 members (excludes halogenated alkanes) is 1. The molecule has 0 aliphatic rings. The third-order valence-corrected chi connectivity index (χ3v) is 5.02. The molecule has 0 saturated heterocycles. The van der Waals surface area contributed by atoms with Gasteiger partial charge in [0, 0.05) is 12.0 Å². The van der Waals surface area contributed by atoms with Gasteiger partial charge in [0.25, 0.3) is 0 Å². The summed E-state index contributed by atoms with van der Waals surface area (Å²) in [5, 5.41) is 37.4. The number of aliphatic hydroxyl groups excluding tert-OH is 1. The molecule has 0 atom stereocenters. The fraction of sp³-hybridized carbons (Fsp3) is 0.318. The number of aliphatic hydroxyl groups is 2. The van der Waals surface area contributed by atoms with Crippen molar-refractivity contribution in [2.45, 2.75) is 45.4 Å². The van der Waals surface area contributed by atoms with Crippen LogP contribution in [-0.2, 0) is 19.4 Å². The topological polar surface area (TPSA) is 126 Å². The highest BCUT2D eigenvalue weighted by atomic mass is 16.5. The van der Waals surface area contributed by atoms with Crippen LogP contribution >= 0.6 is 0 Å². The minimum atomic E-state index is -1.45. The summed E-state index contributed by atoms with van der Waals surface area (Å²) in [4.78, 5) is 4.50. The van der Waals surface area contributed by atoms with Gasteiger partial charge in [-0.1, -0.05) is 61.9 Å². The number of nitrogens with zero attached hydrogens (tertiary/aromatic N) is 6. The molecule has 4 aromatic rings. The molecule has 0 aliphatic heterocycles. The second-order valence-corrected chi connectivity index (χ2v) is 7.37. The standard InChI is InChI=1S/C22H25N7O2/c1-2-3-8-20-23-19(13-21(30)31)26-29(20)14-15-9-11-16(12-10-15)17-6-4-5-7-18(17)22-24-27-28-25-22/h4-7,9-12,21,30-31H,2-3,8,13-14H2,1H3,(H,24,25,27,28). The van der Waals surface area contributed by atoms with Crippen molar-refractivity contribution in [2.24, 2.45) is 0 Å². The largest absolute Gasteiger partial charge is 0.368 e. The number of aromatic nitrogens is 7. The molecule has 3 N–H and O–H groups in total. The van der Waals surface area contributed by atoms with E-state index in [-0.39, 0.29) is 6.42 Å². The Morgan fingerprint density at radius 1 is 1.03 bits per heavy atom. The van der Waals surface area contributed by atoms with Crippen LogP contribution in [0.5, 0.6) is 0 Å². The SMILES string of the molecule is CCCCc1nc(CC(O)O)nn1Cc1ccc(-c2ccccc2-c2nn[nH]n2)cc1. The Labute approximate surface area is 179 Å². The Hall–Kier alpha value is -3.43. The van der Waals surface area contributed by atoms with Crippen molar-refractivity contribution in [3.05, 3.63) is 65.7 Å².